The first-order chi connectivity index (χ1) is 13.4. The van der Waals surface area contributed by atoms with E-state index < -0.39 is 11.8 Å². The van der Waals surface area contributed by atoms with Gasteiger partial charge in [0.05, 0.1) is 25.8 Å². The molecule has 7 nitrogen and oxygen atoms in total. The Morgan fingerprint density at radius 3 is 2.36 bits per heavy atom. The lowest BCUT2D eigenvalue weighted by atomic mass is 10.1. The molecule has 2 aromatic rings. The zero-order chi connectivity index (χ0) is 20.5. The molecule has 0 unspecified atom stereocenters. The molecule has 2 N–H and O–H groups in total. The highest BCUT2D eigenvalue weighted by Gasteiger charge is 2.11. The molecule has 8 heteroatoms. The lowest BCUT2D eigenvalue weighted by molar-refractivity contribution is -0.123. The average Bonchev–Trinajstić information content (AvgIpc) is 2.66. The molecular formula is C20H22FN3O4. The Bertz CT molecular complexity index is 840. The van der Waals surface area contributed by atoms with Gasteiger partial charge < -0.3 is 15.4 Å². The summed E-state index contributed by atoms with van der Waals surface area (Å²) in [6.45, 7) is 0.304. The third-order valence-electron chi connectivity index (χ3n) is 3.80. The zero-order valence-corrected chi connectivity index (χ0v) is 15.7. The van der Waals surface area contributed by atoms with Crippen LogP contribution in [0.4, 0.5) is 10.1 Å². The molecule has 2 rings (SSSR count). The molecule has 0 radical (unpaired) electrons. The van der Waals surface area contributed by atoms with Crippen LogP contribution in [0.3, 0.4) is 0 Å². The number of anilines is 1. The largest absolute Gasteiger partial charge is 0.465 e. The lowest BCUT2D eigenvalue weighted by Gasteiger charge is -2.16. The molecule has 0 spiro atoms. The summed E-state index contributed by atoms with van der Waals surface area (Å²) in [6.07, 6.45) is 0. The van der Waals surface area contributed by atoms with E-state index in [1.807, 2.05) is 0 Å². The van der Waals surface area contributed by atoms with Gasteiger partial charge in [-0.25, -0.2) is 9.18 Å². The highest BCUT2D eigenvalue weighted by Crippen LogP contribution is 2.09. The lowest BCUT2D eigenvalue weighted by Crippen LogP contribution is -2.38. The third kappa shape index (κ3) is 6.81. The molecule has 0 atom stereocenters. The minimum absolute atomic E-state index is 0.0161. The summed E-state index contributed by atoms with van der Waals surface area (Å²) in [5, 5.41) is 5.32. The fourth-order valence-corrected chi connectivity index (χ4v) is 2.45. The van der Waals surface area contributed by atoms with Crippen molar-refractivity contribution in [1.29, 1.82) is 0 Å². The molecule has 0 saturated heterocycles. The molecule has 0 bridgehead atoms. The number of carbonyl (C=O) groups is 3. The Balaban J connectivity index is 1.74. The van der Waals surface area contributed by atoms with Gasteiger partial charge in [0.2, 0.25) is 11.8 Å². The molecule has 0 fully saturated rings. The van der Waals surface area contributed by atoms with Gasteiger partial charge in [-0.3, -0.25) is 14.5 Å². The predicted octanol–water partition coefficient (Wildman–Crippen LogP) is 1.80. The number of ether oxygens (including phenoxy) is 1. The number of nitrogens with one attached hydrogen (secondary N) is 2. The van der Waals surface area contributed by atoms with E-state index in [9.17, 15) is 18.8 Å². The van der Waals surface area contributed by atoms with Crippen molar-refractivity contribution >= 4 is 23.5 Å². The second-order valence-electron chi connectivity index (χ2n) is 6.20. The standard InChI is InChI=1S/C20H22FN3O4/c1-24(13-19(26)23-17-5-3-4-16(21)10-17)12-18(25)22-11-14-6-8-15(9-7-14)20(27)28-2/h3-10H,11-13H2,1-2H3,(H,22,25)(H,23,26). The van der Waals surface area contributed by atoms with Gasteiger partial charge in [0.1, 0.15) is 5.82 Å². The number of esters is 1. The number of carbonyl (C=O) groups excluding carboxylic acids is 3. The molecule has 0 aliphatic rings. The molecule has 2 amide bonds. The van der Waals surface area contributed by atoms with Gasteiger partial charge in [0.25, 0.3) is 0 Å². The number of halogens is 1. The number of hydrogen-bond donors (Lipinski definition) is 2. The molecule has 0 saturated carbocycles. The Labute approximate surface area is 162 Å². The first kappa shape index (κ1) is 21.0. The minimum Gasteiger partial charge on any atom is -0.465 e. The quantitative estimate of drug-likeness (QED) is 0.675. The Kier molecular flexibility index (Phi) is 7.65. The SMILES string of the molecule is COC(=O)c1ccc(CNC(=O)CN(C)CC(=O)Nc2cccc(F)c2)cc1. The summed E-state index contributed by atoms with van der Waals surface area (Å²) in [4.78, 5) is 36.9. The van der Waals surface area contributed by atoms with Crippen LogP contribution in [0.2, 0.25) is 0 Å². The fourth-order valence-electron chi connectivity index (χ4n) is 2.45. The molecule has 0 aliphatic heterocycles. The van der Waals surface area contributed by atoms with Gasteiger partial charge in [-0.1, -0.05) is 18.2 Å². The Morgan fingerprint density at radius 2 is 1.71 bits per heavy atom. The van der Waals surface area contributed by atoms with Crippen LogP contribution in [0, 0.1) is 5.82 Å². The molecule has 0 aromatic heterocycles. The number of likely N-dealkylation sites (N-methyl/N-ethyl adjacent to an activating group) is 1. The molecular weight excluding hydrogens is 365 g/mol. The highest BCUT2D eigenvalue weighted by atomic mass is 19.1. The van der Waals surface area contributed by atoms with Crippen LogP contribution < -0.4 is 10.6 Å². The number of benzene rings is 2. The Hall–Kier alpha value is -3.26. The third-order valence-corrected chi connectivity index (χ3v) is 3.80. The van der Waals surface area contributed by atoms with Crippen LogP contribution in [0.25, 0.3) is 0 Å². The molecule has 0 aliphatic carbocycles. The predicted molar refractivity (Wildman–Crippen MR) is 102 cm³/mol. The van der Waals surface area contributed by atoms with Crippen LogP contribution in [0.5, 0.6) is 0 Å². The van der Waals surface area contributed by atoms with Crippen LogP contribution in [-0.2, 0) is 20.9 Å². The maximum atomic E-state index is 13.1. The monoisotopic (exact) mass is 387 g/mol. The van der Waals surface area contributed by atoms with E-state index in [0.717, 1.165) is 5.56 Å². The van der Waals surface area contributed by atoms with E-state index in [4.69, 9.17) is 0 Å². The van der Waals surface area contributed by atoms with Crippen molar-refractivity contribution in [2.75, 3.05) is 32.6 Å². The van der Waals surface area contributed by atoms with Crippen molar-refractivity contribution in [1.82, 2.24) is 10.2 Å². The highest BCUT2D eigenvalue weighted by molar-refractivity contribution is 5.92. The van der Waals surface area contributed by atoms with E-state index in [0.29, 0.717) is 17.8 Å². The molecule has 2 aromatic carbocycles. The van der Waals surface area contributed by atoms with Gasteiger partial charge in [-0.05, 0) is 42.9 Å². The van der Waals surface area contributed by atoms with Gasteiger partial charge in [-0.2, -0.15) is 0 Å². The normalized spacial score (nSPS) is 10.4. The topological polar surface area (TPSA) is 87.7 Å². The number of nitrogens with zero attached hydrogens (tertiary/aromatic N) is 1. The van der Waals surface area contributed by atoms with Crippen molar-refractivity contribution in [3.8, 4) is 0 Å². The van der Waals surface area contributed by atoms with Crippen molar-refractivity contribution in [3.63, 3.8) is 0 Å². The van der Waals surface area contributed by atoms with Crippen molar-refractivity contribution in [2.24, 2.45) is 0 Å². The summed E-state index contributed by atoms with van der Waals surface area (Å²) < 4.78 is 17.7. The molecule has 148 valence electrons. The average molecular weight is 387 g/mol. The fraction of sp³-hybridized carbons (Fsp3) is 0.250. The molecule has 28 heavy (non-hydrogen) atoms. The molecule has 0 heterocycles. The van der Waals surface area contributed by atoms with Gasteiger partial charge in [-0.15, -0.1) is 0 Å². The number of amides is 2. The second-order valence-corrected chi connectivity index (χ2v) is 6.20. The van der Waals surface area contributed by atoms with E-state index in [-0.39, 0.29) is 24.9 Å². The van der Waals surface area contributed by atoms with E-state index in [1.54, 1.807) is 42.3 Å². The maximum absolute atomic E-state index is 13.1. The van der Waals surface area contributed by atoms with E-state index in [2.05, 4.69) is 15.4 Å². The summed E-state index contributed by atoms with van der Waals surface area (Å²) in [5.74, 6) is -1.46. The number of methoxy groups -OCH3 is 1. The second kappa shape index (κ2) is 10.2. The van der Waals surface area contributed by atoms with Gasteiger partial charge in [0, 0.05) is 12.2 Å². The van der Waals surface area contributed by atoms with Gasteiger partial charge in [0.15, 0.2) is 0 Å². The first-order valence-corrected chi connectivity index (χ1v) is 8.55. The first-order valence-electron chi connectivity index (χ1n) is 8.55. The Morgan fingerprint density at radius 1 is 1.04 bits per heavy atom. The minimum atomic E-state index is -0.440. The zero-order valence-electron chi connectivity index (χ0n) is 15.7. The maximum Gasteiger partial charge on any atom is 0.337 e. The van der Waals surface area contributed by atoms with Crippen LogP contribution in [0.1, 0.15) is 15.9 Å². The van der Waals surface area contributed by atoms with Crippen LogP contribution in [-0.4, -0.2) is 49.9 Å². The van der Waals surface area contributed by atoms with Crippen LogP contribution in [0.15, 0.2) is 48.5 Å². The summed E-state index contributed by atoms with van der Waals surface area (Å²) in [6, 6.07) is 12.3. The van der Waals surface area contributed by atoms with Gasteiger partial charge >= 0.3 is 5.97 Å². The van der Waals surface area contributed by atoms with E-state index in [1.165, 1.54) is 25.3 Å². The summed E-state index contributed by atoms with van der Waals surface area (Å²) >= 11 is 0. The van der Waals surface area contributed by atoms with Crippen molar-refractivity contribution in [2.45, 2.75) is 6.54 Å². The van der Waals surface area contributed by atoms with Crippen molar-refractivity contribution < 1.29 is 23.5 Å². The smallest absolute Gasteiger partial charge is 0.337 e. The summed E-state index contributed by atoms with van der Waals surface area (Å²) in [5.41, 5.74) is 1.62. The van der Waals surface area contributed by atoms with E-state index >= 15 is 0 Å². The van der Waals surface area contributed by atoms with Crippen LogP contribution >= 0.6 is 0 Å². The number of hydrogen-bond acceptors (Lipinski definition) is 5. The van der Waals surface area contributed by atoms with Crippen molar-refractivity contribution in [3.05, 3.63) is 65.5 Å². The summed E-state index contributed by atoms with van der Waals surface area (Å²) in [7, 11) is 2.95. The number of rotatable bonds is 8.